The van der Waals surface area contributed by atoms with E-state index in [4.69, 9.17) is 4.42 Å². The monoisotopic (exact) mass is 663 g/mol. The van der Waals surface area contributed by atoms with Gasteiger partial charge in [0, 0.05) is 33.1 Å². The highest BCUT2D eigenvalue weighted by molar-refractivity contribution is 6.22. The van der Waals surface area contributed by atoms with Crippen molar-refractivity contribution in [2.75, 3.05) is 4.90 Å². The topological polar surface area (TPSA) is 16.4 Å². The molecule has 0 aliphatic heterocycles. The second-order valence-electron chi connectivity index (χ2n) is 13.3. The van der Waals surface area contributed by atoms with Crippen LogP contribution in [-0.4, -0.2) is 0 Å². The zero-order valence-corrected chi connectivity index (χ0v) is 28.4. The zero-order chi connectivity index (χ0) is 34.4. The second-order valence-corrected chi connectivity index (χ2v) is 13.3. The average Bonchev–Trinajstić information content (AvgIpc) is 3.60. The number of furan rings is 1. The lowest BCUT2D eigenvalue weighted by molar-refractivity contribution is 0.669. The minimum absolute atomic E-state index is 0.876. The lowest BCUT2D eigenvalue weighted by atomic mass is 9.89. The van der Waals surface area contributed by atoms with E-state index in [2.05, 4.69) is 193 Å². The van der Waals surface area contributed by atoms with Crippen molar-refractivity contribution < 1.29 is 4.42 Å². The number of fused-ring (bicyclic) bond motifs is 6. The van der Waals surface area contributed by atoms with Crippen molar-refractivity contribution in [2.45, 2.75) is 0 Å². The molecule has 0 bridgehead atoms. The molecule has 10 rings (SSSR count). The van der Waals surface area contributed by atoms with Gasteiger partial charge < -0.3 is 9.32 Å². The molecule has 0 unspecified atom stereocenters. The van der Waals surface area contributed by atoms with Crippen LogP contribution < -0.4 is 4.90 Å². The summed E-state index contributed by atoms with van der Waals surface area (Å²) in [5.41, 5.74) is 12.1. The van der Waals surface area contributed by atoms with E-state index in [0.717, 1.165) is 39.0 Å². The van der Waals surface area contributed by atoms with Crippen LogP contribution in [0.15, 0.2) is 205 Å². The SMILES string of the molecule is c1ccc(-c2ccc(N(c3ccc4oc5ccccc5c4c3)c3c(-c4ccccc4)c4ccccc4c4ccccc34)cc2-c2ccccc2)cc1. The summed E-state index contributed by atoms with van der Waals surface area (Å²) in [5, 5.41) is 7.05. The fourth-order valence-electron chi connectivity index (χ4n) is 7.91. The first-order valence-corrected chi connectivity index (χ1v) is 17.8. The minimum atomic E-state index is 0.876. The van der Waals surface area contributed by atoms with E-state index < -0.39 is 0 Å². The van der Waals surface area contributed by atoms with E-state index in [9.17, 15) is 0 Å². The van der Waals surface area contributed by atoms with Crippen molar-refractivity contribution in [1.82, 2.24) is 0 Å². The van der Waals surface area contributed by atoms with Gasteiger partial charge in [-0.15, -0.1) is 0 Å². The number of rotatable bonds is 6. The number of para-hydroxylation sites is 1. The van der Waals surface area contributed by atoms with Crippen LogP contribution in [0.2, 0.25) is 0 Å². The van der Waals surface area contributed by atoms with Crippen molar-refractivity contribution in [1.29, 1.82) is 0 Å². The van der Waals surface area contributed by atoms with Crippen LogP contribution >= 0.6 is 0 Å². The maximum atomic E-state index is 6.34. The molecular formula is C50H33NO. The van der Waals surface area contributed by atoms with E-state index in [1.807, 2.05) is 12.1 Å². The summed E-state index contributed by atoms with van der Waals surface area (Å²) >= 11 is 0. The lowest BCUT2D eigenvalue weighted by Gasteiger charge is -2.31. The average molecular weight is 664 g/mol. The summed E-state index contributed by atoms with van der Waals surface area (Å²) in [6, 6.07) is 71.8. The Morgan fingerprint density at radius 1 is 0.308 bits per heavy atom. The summed E-state index contributed by atoms with van der Waals surface area (Å²) in [4.78, 5) is 2.47. The van der Waals surface area contributed by atoms with Crippen LogP contribution in [0, 0.1) is 0 Å². The van der Waals surface area contributed by atoms with Crippen LogP contribution in [0.25, 0.3) is 76.9 Å². The molecule has 0 amide bonds. The number of anilines is 3. The van der Waals surface area contributed by atoms with Crippen molar-refractivity contribution in [3.05, 3.63) is 200 Å². The molecule has 1 heterocycles. The molecular weight excluding hydrogens is 631 g/mol. The minimum Gasteiger partial charge on any atom is -0.456 e. The molecule has 0 radical (unpaired) electrons. The summed E-state index contributed by atoms with van der Waals surface area (Å²) in [6.07, 6.45) is 0. The highest BCUT2D eigenvalue weighted by atomic mass is 16.3. The standard InChI is InChI=1S/C50H33NO/c1-4-16-34(17-5-1)39-30-28-37(32-45(39)35-18-6-2-7-19-35)51(38-29-31-48-46(33-38)42-24-14-15-27-47(42)52-48)50-44-26-13-11-23-41(44)40-22-10-12-25-43(40)49(50)36-20-8-3-9-21-36/h1-33H. The predicted octanol–water partition coefficient (Wildman–Crippen LogP) is 14.4. The van der Waals surface area contributed by atoms with Gasteiger partial charge in [0.05, 0.1) is 5.69 Å². The molecule has 0 saturated heterocycles. The largest absolute Gasteiger partial charge is 0.456 e. The predicted molar refractivity (Wildman–Crippen MR) is 220 cm³/mol. The maximum Gasteiger partial charge on any atom is 0.135 e. The van der Waals surface area contributed by atoms with Gasteiger partial charge in [-0.2, -0.15) is 0 Å². The third-order valence-corrected chi connectivity index (χ3v) is 10.2. The number of hydrogen-bond acceptors (Lipinski definition) is 2. The third-order valence-electron chi connectivity index (χ3n) is 10.2. The first-order chi connectivity index (χ1) is 25.8. The Morgan fingerprint density at radius 2 is 0.788 bits per heavy atom. The summed E-state index contributed by atoms with van der Waals surface area (Å²) in [7, 11) is 0. The molecule has 9 aromatic carbocycles. The number of benzene rings is 9. The molecule has 0 aliphatic rings. The Hall–Kier alpha value is -6.90. The molecule has 0 atom stereocenters. The smallest absolute Gasteiger partial charge is 0.135 e. The molecule has 2 heteroatoms. The Morgan fingerprint density at radius 3 is 1.48 bits per heavy atom. The van der Waals surface area contributed by atoms with Crippen LogP contribution in [0.3, 0.4) is 0 Å². The van der Waals surface area contributed by atoms with Gasteiger partial charge in [-0.05, 0) is 80.4 Å². The van der Waals surface area contributed by atoms with Gasteiger partial charge in [0.1, 0.15) is 11.2 Å². The van der Waals surface area contributed by atoms with Crippen LogP contribution in [0.1, 0.15) is 0 Å². The molecule has 244 valence electrons. The van der Waals surface area contributed by atoms with E-state index >= 15 is 0 Å². The van der Waals surface area contributed by atoms with Gasteiger partial charge in [-0.1, -0.05) is 164 Å². The summed E-state index contributed by atoms with van der Waals surface area (Å²) < 4.78 is 6.34. The Labute approximate surface area is 302 Å². The van der Waals surface area contributed by atoms with Crippen LogP contribution in [0.4, 0.5) is 17.1 Å². The van der Waals surface area contributed by atoms with Crippen molar-refractivity contribution in [3.8, 4) is 33.4 Å². The van der Waals surface area contributed by atoms with Gasteiger partial charge in [-0.3, -0.25) is 0 Å². The molecule has 0 spiro atoms. The Balaban J connectivity index is 1.35. The van der Waals surface area contributed by atoms with Gasteiger partial charge in [0.15, 0.2) is 0 Å². The van der Waals surface area contributed by atoms with Crippen molar-refractivity contribution in [3.63, 3.8) is 0 Å². The summed E-state index contributed by atoms with van der Waals surface area (Å²) in [5.74, 6) is 0. The van der Waals surface area contributed by atoms with Crippen molar-refractivity contribution in [2.24, 2.45) is 0 Å². The Kier molecular flexibility index (Phi) is 7.18. The quantitative estimate of drug-likeness (QED) is 0.165. The summed E-state index contributed by atoms with van der Waals surface area (Å²) in [6.45, 7) is 0. The fraction of sp³-hybridized carbons (Fsp3) is 0. The van der Waals surface area contributed by atoms with Crippen molar-refractivity contribution >= 4 is 60.5 Å². The van der Waals surface area contributed by atoms with Gasteiger partial charge in [0.2, 0.25) is 0 Å². The molecule has 0 aliphatic carbocycles. The second kappa shape index (κ2) is 12.5. The maximum absolute atomic E-state index is 6.34. The van der Waals surface area contributed by atoms with E-state index in [-0.39, 0.29) is 0 Å². The lowest BCUT2D eigenvalue weighted by Crippen LogP contribution is -2.12. The van der Waals surface area contributed by atoms with E-state index in [0.29, 0.717) is 0 Å². The highest BCUT2D eigenvalue weighted by Crippen LogP contribution is 2.51. The zero-order valence-electron chi connectivity index (χ0n) is 28.4. The molecule has 0 N–H and O–H groups in total. The number of hydrogen-bond donors (Lipinski definition) is 0. The fourth-order valence-corrected chi connectivity index (χ4v) is 7.91. The molecule has 52 heavy (non-hydrogen) atoms. The molecule has 1 aromatic heterocycles. The van der Waals surface area contributed by atoms with Gasteiger partial charge in [-0.25, -0.2) is 0 Å². The normalized spacial score (nSPS) is 11.5. The first-order valence-electron chi connectivity index (χ1n) is 17.8. The van der Waals surface area contributed by atoms with E-state index in [1.165, 1.54) is 54.9 Å². The molecule has 0 fully saturated rings. The highest BCUT2D eigenvalue weighted by Gasteiger charge is 2.25. The molecule has 0 saturated carbocycles. The third kappa shape index (κ3) is 4.96. The Bertz CT molecular complexity index is 2890. The molecule has 10 aromatic rings. The first kappa shape index (κ1) is 30.0. The van der Waals surface area contributed by atoms with Crippen LogP contribution in [-0.2, 0) is 0 Å². The van der Waals surface area contributed by atoms with E-state index in [1.54, 1.807) is 0 Å². The van der Waals surface area contributed by atoms with Gasteiger partial charge >= 0.3 is 0 Å². The van der Waals surface area contributed by atoms with Gasteiger partial charge in [0.25, 0.3) is 0 Å². The molecule has 2 nitrogen and oxygen atoms in total. The number of nitrogens with zero attached hydrogens (tertiary/aromatic N) is 1. The van der Waals surface area contributed by atoms with Crippen LogP contribution in [0.5, 0.6) is 0 Å².